The summed E-state index contributed by atoms with van der Waals surface area (Å²) in [6.07, 6.45) is 2.63. The summed E-state index contributed by atoms with van der Waals surface area (Å²) in [5.74, 6) is -7.34. The zero-order valence-corrected chi connectivity index (χ0v) is 41.2. The highest BCUT2D eigenvalue weighted by molar-refractivity contribution is 5.97. The van der Waals surface area contributed by atoms with Gasteiger partial charge in [-0.1, -0.05) is 76.2 Å². The number of carbonyl (C=O) groups is 9. The smallest absolute Gasteiger partial charge is 0.243 e. The summed E-state index contributed by atoms with van der Waals surface area (Å²) in [7, 11) is 0. The number of aliphatic hydroxyl groups excluding tert-OH is 1. The first-order valence-electron chi connectivity index (χ1n) is 23.8. The van der Waals surface area contributed by atoms with Gasteiger partial charge in [0.25, 0.3) is 0 Å². The van der Waals surface area contributed by atoms with Crippen LogP contribution in [0.5, 0.6) is 0 Å². The van der Waals surface area contributed by atoms with Gasteiger partial charge in [0, 0.05) is 48.3 Å². The highest BCUT2D eigenvalue weighted by Gasteiger charge is 2.33. The Kier molecular flexibility index (Phi) is 21.9. The molecular formula is C49H69N13O10. The average molecular weight is 1000 g/mol. The monoisotopic (exact) mass is 1000 g/mol. The van der Waals surface area contributed by atoms with E-state index in [1.54, 1.807) is 50.4 Å². The fraction of sp³-hybridized carbons (Fsp3) is 0.469. The molecule has 23 nitrogen and oxygen atoms in total. The third-order valence-electron chi connectivity index (χ3n) is 11.7. The first-order valence-corrected chi connectivity index (χ1v) is 23.8. The molecule has 0 aliphatic carbocycles. The Morgan fingerprint density at radius 1 is 0.667 bits per heavy atom. The number of amides is 9. The summed E-state index contributed by atoms with van der Waals surface area (Å²) in [5.41, 5.74) is 19.6. The molecule has 0 saturated carbocycles. The van der Waals surface area contributed by atoms with Crippen LogP contribution in [-0.2, 0) is 62.4 Å². The molecule has 4 rings (SSSR count). The van der Waals surface area contributed by atoms with Gasteiger partial charge in [0.15, 0.2) is 0 Å². The third kappa shape index (κ3) is 18.3. The van der Waals surface area contributed by atoms with E-state index in [1.165, 1.54) is 19.4 Å². The Bertz CT molecular complexity index is 2480. The lowest BCUT2D eigenvalue weighted by atomic mass is 9.96. The van der Waals surface area contributed by atoms with Gasteiger partial charge in [-0.05, 0) is 55.2 Å². The van der Waals surface area contributed by atoms with Crippen molar-refractivity contribution in [1.29, 1.82) is 0 Å². The fourth-order valence-corrected chi connectivity index (χ4v) is 7.79. The van der Waals surface area contributed by atoms with Crippen LogP contribution in [0.15, 0.2) is 73.3 Å². The number of fused-ring (bicyclic) bond motifs is 1. The Morgan fingerprint density at radius 3 is 1.94 bits per heavy atom. The molecule has 9 amide bonds. The molecule has 0 fully saturated rings. The Morgan fingerprint density at radius 2 is 1.31 bits per heavy atom. The van der Waals surface area contributed by atoms with Crippen LogP contribution in [0.3, 0.4) is 0 Å². The van der Waals surface area contributed by atoms with Crippen molar-refractivity contribution in [2.75, 3.05) is 6.54 Å². The van der Waals surface area contributed by atoms with Crippen LogP contribution >= 0.6 is 0 Å². The molecule has 2 aromatic heterocycles. The standard InChI is InChI=1S/C49H69N13O10/c1-26(2)17-36(39(63)21-41(52)65)60-48(71)38(20-31-23-53-25-56-31)58-42(66)24-55-49(72)43(27(3)4)62-44(67)28(5)57-47(70)37(19-30-22-54-34-14-10-9-13-32(30)34)61-46(69)35(15-16-40(51)64)59-45(68)33(50)18-29-11-7-6-8-12-29/h6-14,22-23,25-28,33,35-39,43,54,63H,15-21,24,50H2,1-5H3,(H2,51,64)(H2,52,65)(H,53,56)(H,55,72)(H,57,70)(H,58,66)(H,59,68)(H,60,71)(H,61,69)(H,62,67)/t28-,33+,35-,36-,37-,38-,39-,43-/m0/s1. The van der Waals surface area contributed by atoms with Gasteiger partial charge < -0.3 is 69.5 Å². The highest BCUT2D eigenvalue weighted by Crippen LogP contribution is 2.20. The number of benzene rings is 2. The summed E-state index contributed by atoms with van der Waals surface area (Å²) >= 11 is 0. The summed E-state index contributed by atoms with van der Waals surface area (Å²) in [6.45, 7) is 7.77. The van der Waals surface area contributed by atoms with Crippen molar-refractivity contribution in [2.24, 2.45) is 29.0 Å². The SMILES string of the molecule is CC(C)C[C@H](NC(=O)[C@H](Cc1cnc[nH]1)NC(=O)CNC(=O)[C@@H](NC(=O)[C@H](C)NC(=O)[C@H](Cc1c[nH]c2ccccc12)NC(=O)[C@H](CCC(N)=O)NC(=O)[C@H](N)Cc1ccccc1)C(C)C)[C@@H](O)CC(N)=O. The van der Waals surface area contributed by atoms with Crippen molar-refractivity contribution in [3.63, 3.8) is 0 Å². The van der Waals surface area contributed by atoms with Crippen LogP contribution in [0.4, 0.5) is 0 Å². The van der Waals surface area contributed by atoms with E-state index in [2.05, 4.69) is 52.2 Å². The topological polar surface area (TPSA) is 381 Å². The lowest BCUT2D eigenvalue weighted by Gasteiger charge is -2.28. The number of para-hydroxylation sites is 1. The number of nitrogens with zero attached hydrogens (tertiary/aromatic N) is 1. The summed E-state index contributed by atoms with van der Waals surface area (Å²) in [5, 5.41) is 29.7. The number of primary amides is 2. The second-order valence-corrected chi connectivity index (χ2v) is 18.5. The van der Waals surface area contributed by atoms with Gasteiger partial charge in [-0.25, -0.2) is 4.98 Å². The number of hydrogen-bond donors (Lipinski definition) is 13. The van der Waals surface area contributed by atoms with E-state index in [0.29, 0.717) is 17.7 Å². The minimum Gasteiger partial charge on any atom is -0.390 e. The number of imidazole rings is 1. The molecule has 0 aliphatic rings. The van der Waals surface area contributed by atoms with Crippen molar-refractivity contribution < 1.29 is 48.3 Å². The maximum atomic E-state index is 14.1. The molecule has 0 saturated heterocycles. The summed E-state index contributed by atoms with van der Waals surface area (Å²) in [6, 6.07) is 7.89. The van der Waals surface area contributed by atoms with Gasteiger partial charge in [-0.3, -0.25) is 43.2 Å². The van der Waals surface area contributed by atoms with Crippen LogP contribution in [0.1, 0.15) is 77.1 Å². The molecule has 8 atom stereocenters. The molecule has 23 heteroatoms. The lowest BCUT2D eigenvalue weighted by molar-refractivity contribution is -0.135. The number of hydrogen-bond acceptors (Lipinski definition) is 12. The molecule has 4 aromatic rings. The molecule has 72 heavy (non-hydrogen) atoms. The highest BCUT2D eigenvalue weighted by atomic mass is 16.3. The van der Waals surface area contributed by atoms with Crippen LogP contribution in [0.2, 0.25) is 0 Å². The molecule has 0 unspecified atom stereocenters. The summed E-state index contributed by atoms with van der Waals surface area (Å²) in [4.78, 5) is 129. The first kappa shape index (κ1) is 56.9. The number of aromatic amines is 2. The minimum absolute atomic E-state index is 0.000804. The molecule has 0 radical (unpaired) electrons. The van der Waals surface area contributed by atoms with E-state index in [0.717, 1.165) is 16.5 Å². The van der Waals surface area contributed by atoms with Crippen molar-refractivity contribution >= 4 is 64.1 Å². The van der Waals surface area contributed by atoms with E-state index >= 15 is 0 Å². The molecule has 16 N–H and O–H groups in total. The van der Waals surface area contributed by atoms with Gasteiger partial charge in [0.1, 0.15) is 30.2 Å². The molecule has 0 spiro atoms. The van der Waals surface area contributed by atoms with E-state index in [1.807, 2.05) is 38.1 Å². The third-order valence-corrected chi connectivity index (χ3v) is 11.7. The minimum atomic E-state index is -1.35. The molecule has 2 aromatic carbocycles. The Labute approximate surface area is 417 Å². The molecular weight excluding hydrogens is 931 g/mol. The number of nitrogens with two attached hydrogens (primary N) is 3. The zero-order chi connectivity index (χ0) is 53.1. The predicted molar refractivity (Wildman–Crippen MR) is 265 cm³/mol. The van der Waals surface area contributed by atoms with Gasteiger partial charge in [-0.2, -0.15) is 0 Å². The number of aliphatic hydroxyl groups is 1. The largest absolute Gasteiger partial charge is 0.390 e. The number of aromatic nitrogens is 3. The molecule has 0 aliphatic heterocycles. The second kappa shape index (κ2) is 27.7. The molecule has 390 valence electrons. The maximum absolute atomic E-state index is 14.1. The van der Waals surface area contributed by atoms with Crippen LogP contribution < -0.4 is 54.4 Å². The van der Waals surface area contributed by atoms with E-state index < -0.39 is 120 Å². The van der Waals surface area contributed by atoms with Crippen molar-refractivity contribution in [3.8, 4) is 0 Å². The number of rotatable bonds is 29. The van der Waals surface area contributed by atoms with Crippen molar-refractivity contribution in [3.05, 3.63) is 90.1 Å². The lowest BCUT2D eigenvalue weighted by Crippen LogP contribution is -2.59. The summed E-state index contributed by atoms with van der Waals surface area (Å²) < 4.78 is 0. The molecule has 2 heterocycles. The number of H-pyrrole nitrogens is 2. The van der Waals surface area contributed by atoms with E-state index in [-0.39, 0.29) is 38.0 Å². The fourth-order valence-electron chi connectivity index (χ4n) is 7.79. The first-order chi connectivity index (χ1) is 34.1. The average Bonchev–Trinajstić information content (AvgIpc) is 4.00. The van der Waals surface area contributed by atoms with Crippen LogP contribution in [-0.4, -0.2) is 128 Å². The Hall–Kier alpha value is -7.66. The van der Waals surface area contributed by atoms with Crippen molar-refractivity contribution in [2.45, 2.75) is 128 Å². The quantitative estimate of drug-likeness (QED) is 0.0296. The van der Waals surface area contributed by atoms with Gasteiger partial charge in [0.2, 0.25) is 53.2 Å². The number of carbonyl (C=O) groups excluding carboxylic acids is 9. The van der Waals surface area contributed by atoms with Crippen LogP contribution in [0, 0.1) is 11.8 Å². The van der Waals surface area contributed by atoms with Gasteiger partial charge >= 0.3 is 0 Å². The second-order valence-electron chi connectivity index (χ2n) is 18.5. The van der Waals surface area contributed by atoms with Crippen LogP contribution in [0.25, 0.3) is 10.9 Å². The van der Waals surface area contributed by atoms with Crippen molar-refractivity contribution in [1.82, 2.24) is 52.2 Å². The zero-order valence-electron chi connectivity index (χ0n) is 41.2. The normalized spacial score (nSPS) is 14.6. The predicted octanol–water partition coefficient (Wildman–Crippen LogP) is -1.51. The van der Waals surface area contributed by atoms with E-state index in [9.17, 15) is 48.3 Å². The molecule has 0 bridgehead atoms. The Balaban J connectivity index is 1.44. The van der Waals surface area contributed by atoms with Gasteiger partial charge in [-0.15, -0.1) is 0 Å². The van der Waals surface area contributed by atoms with Gasteiger partial charge in [0.05, 0.1) is 37.5 Å². The maximum Gasteiger partial charge on any atom is 0.243 e. The van der Waals surface area contributed by atoms with E-state index in [4.69, 9.17) is 17.2 Å². The number of nitrogens with one attached hydrogen (secondary N) is 9.